The van der Waals surface area contributed by atoms with E-state index in [1.165, 1.54) is 14.2 Å². The number of halogens is 1. The van der Waals surface area contributed by atoms with E-state index in [0.717, 1.165) is 6.42 Å². The largest absolute Gasteiger partial charge is 0.143 e. The van der Waals surface area contributed by atoms with Crippen molar-refractivity contribution in [2.24, 2.45) is 0 Å². The minimum Gasteiger partial charge on any atom is -0.143 e. The molecule has 0 spiro atoms. The molecule has 0 fully saturated rings. The second-order valence-corrected chi connectivity index (χ2v) is 4.19. The van der Waals surface area contributed by atoms with Crippen LogP contribution in [-0.4, -0.2) is 0 Å². The van der Waals surface area contributed by atoms with E-state index in [2.05, 4.69) is 34.8 Å². The van der Waals surface area contributed by atoms with E-state index in [9.17, 15) is 0 Å². The molecule has 0 unspecified atom stereocenters. The Morgan fingerprint density at radius 2 is 2.50 bits per heavy atom. The molecule has 52 valence electrons. The van der Waals surface area contributed by atoms with Crippen LogP contribution in [0.2, 0.25) is 0 Å². The second kappa shape index (κ2) is 3.23. The van der Waals surface area contributed by atoms with Gasteiger partial charge in [0, 0.05) is 20.6 Å². The maximum absolute atomic E-state index is 5.16. The highest BCUT2D eigenvalue weighted by atomic mass is 79.9. The molecule has 0 amide bonds. The van der Waals surface area contributed by atoms with Gasteiger partial charge in [-0.15, -0.1) is 23.7 Å². The molecule has 0 aliphatic carbocycles. The van der Waals surface area contributed by atoms with Crippen LogP contribution in [-0.2, 0) is 6.42 Å². The van der Waals surface area contributed by atoms with Crippen molar-refractivity contribution in [1.82, 2.24) is 0 Å². The standard InChI is InChI=1S/C8H7BrS/c1-3-4-7-5-8(9)6(2)10-7/h1,5H,4H2,2H3. The number of rotatable bonds is 1. The van der Waals surface area contributed by atoms with E-state index >= 15 is 0 Å². The van der Waals surface area contributed by atoms with Crippen LogP contribution in [0.25, 0.3) is 0 Å². The van der Waals surface area contributed by atoms with Crippen LogP contribution >= 0.6 is 27.3 Å². The zero-order valence-corrected chi connectivity index (χ0v) is 8.05. The highest BCUT2D eigenvalue weighted by Gasteiger charge is 1.99. The van der Waals surface area contributed by atoms with Crippen LogP contribution in [0.4, 0.5) is 0 Å². The highest BCUT2D eigenvalue weighted by molar-refractivity contribution is 9.10. The molecule has 0 aliphatic heterocycles. The van der Waals surface area contributed by atoms with Gasteiger partial charge in [-0.25, -0.2) is 0 Å². The van der Waals surface area contributed by atoms with Crippen molar-refractivity contribution in [3.8, 4) is 12.3 Å². The molecule has 0 aromatic carbocycles. The van der Waals surface area contributed by atoms with Crippen LogP contribution < -0.4 is 0 Å². The summed E-state index contributed by atoms with van der Waals surface area (Å²) in [6.45, 7) is 2.08. The van der Waals surface area contributed by atoms with E-state index in [1.807, 2.05) is 0 Å². The maximum atomic E-state index is 5.16. The third kappa shape index (κ3) is 1.62. The van der Waals surface area contributed by atoms with Gasteiger partial charge >= 0.3 is 0 Å². The molecule has 1 heterocycles. The van der Waals surface area contributed by atoms with Gasteiger partial charge in [-0.1, -0.05) is 0 Å². The first-order valence-electron chi connectivity index (χ1n) is 2.92. The lowest BCUT2D eigenvalue weighted by Gasteiger charge is -1.80. The molecular weight excluding hydrogens is 208 g/mol. The number of aryl methyl sites for hydroxylation is 1. The minimum absolute atomic E-state index is 0.747. The summed E-state index contributed by atoms with van der Waals surface area (Å²) in [7, 11) is 0. The number of hydrogen-bond acceptors (Lipinski definition) is 1. The Balaban J connectivity index is 2.90. The van der Waals surface area contributed by atoms with Crippen molar-refractivity contribution in [2.75, 3.05) is 0 Å². The third-order valence-corrected chi connectivity index (χ3v) is 3.32. The fourth-order valence-electron chi connectivity index (χ4n) is 0.706. The molecule has 1 aromatic heterocycles. The summed E-state index contributed by atoms with van der Waals surface area (Å²) >= 11 is 5.18. The van der Waals surface area contributed by atoms with E-state index in [1.54, 1.807) is 11.3 Å². The van der Waals surface area contributed by atoms with E-state index in [-0.39, 0.29) is 0 Å². The molecule has 1 rings (SSSR count). The van der Waals surface area contributed by atoms with Crippen LogP contribution in [0.3, 0.4) is 0 Å². The topological polar surface area (TPSA) is 0 Å². The lowest BCUT2D eigenvalue weighted by Crippen LogP contribution is -1.68. The van der Waals surface area contributed by atoms with Gasteiger partial charge in [-0.05, 0) is 28.9 Å². The first-order valence-corrected chi connectivity index (χ1v) is 4.53. The lowest BCUT2D eigenvalue weighted by molar-refractivity contribution is 1.41. The Labute approximate surface area is 73.4 Å². The molecule has 0 N–H and O–H groups in total. The second-order valence-electron chi connectivity index (χ2n) is 2.00. The van der Waals surface area contributed by atoms with E-state index in [0.29, 0.717) is 0 Å². The molecule has 1 aromatic rings. The zero-order chi connectivity index (χ0) is 7.56. The van der Waals surface area contributed by atoms with Crippen LogP contribution in [0, 0.1) is 19.3 Å². The van der Waals surface area contributed by atoms with Gasteiger partial charge in [0.25, 0.3) is 0 Å². The summed E-state index contributed by atoms with van der Waals surface area (Å²) in [5, 5.41) is 0. The van der Waals surface area contributed by atoms with Crippen molar-refractivity contribution in [2.45, 2.75) is 13.3 Å². The fourth-order valence-corrected chi connectivity index (χ4v) is 2.26. The van der Waals surface area contributed by atoms with Crippen molar-refractivity contribution in [3.05, 3.63) is 20.3 Å². The number of hydrogen-bond donors (Lipinski definition) is 0. The molecule has 0 radical (unpaired) electrons. The van der Waals surface area contributed by atoms with E-state index < -0.39 is 0 Å². The molecule has 0 bridgehead atoms. The van der Waals surface area contributed by atoms with Gasteiger partial charge in [0.1, 0.15) is 0 Å². The Kier molecular flexibility index (Phi) is 2.53. The average molecular weight is 215 g/mol. The first-order chi connectivity index (χ1) is 4.74. The van der Waals surface area contributed by atoms with Gasteiger partial charge in [0.05, 0.1) is 0 Å². The normalized spacial score (nSPS) is 9.30. The van der Waals surface area contributed by atoms with E-state index in [4.69, 9.17) is 6.42 Å². The average Bonchev–Trinajstić information content (AvgIpc) is 2.14. The molecule has 2 heteroatoms. The molecule has 0 atom stereocenters. The first kappa shape index (κ1) is 7.84. The fraction of sp³-hybridized carbons (Fsp3) is 0.250. The van der Waals surface area contributed by atoms with Gasteiger partial charge in [0.2, 0.25) is 0 Å². The molecule has 0 nitrogen and oxygen atoms in total. The maximum Gasteiger partial charge on any atom is 0.0432 e. The Morgan fingerprint density at radius 3 is 2.90 bits per heavy atom. The molecule has 0 aliphatic rings. The summed E-state index contributed by atoms with van der Waals surface area (Å²) < 4.78 is 1.17. The monoisotopic (exact) mass is 214 g/mol. The van der Waals surface area contributed by atoms with Gasteiger partial charge in [0.15, 0.2) is 0 Å². The lowest BCUT2D eigenvalue weighted by atomic mass is 10.3. The summed E-state index contributed by atoms with van der Waals surface area (Å²) in [5.41, 5.74) is 0. The van der Waals surface area contributed by atoms with Crippen molar-refractivity contribution >= 4 is 27.3 Å². The zero-order valence-electron chi connectivity index (χ0n) is 5.65. The van der Waals surface area contributed by atoms with Crippen LogP contribution in [0.1, 0.15) is 9.75 Å². The predicted octanol–water partition coefficient (Wildman–Crippen LogP) is 2.99. The molecule has 10 heavy (non-hydrogen) atoms. The SMILES string of the molecule is C#CCc1cc(Br)c(C)s1. The van der Waals surface area contributed by atoms with Crippen molar-refractivity contribution in [3.63, 3.8) is 0 Å². The Morgan fingerprint density at radius 1 is 1.80 bits per heavy atom. The van der Waals surface area contributed by atoms with Crippen LogP contribution in [0.5, 0.6) is 0 Å². The van der Waals surface area contributed by atoms with Crippen LogP contribution in [0.15, 0.2) is 10.5 Å². The van der Waals surface area contributed by atoms with Gasteiger partial charge in [-0.3, -0.25) is 0 Å². The predicted molar refractivity (Wildman–Crippen MR) is 49.3 cm³/mol. The highest BCUT2D eigenvalue weighted by Crippen LogP contribution is 2.26. The summed E-state index contributed by atoms with van der Waals surface area (Å²) in [6.07, 6.45) is 5.91. The number of thiophene rings is 1. The van der Waals surface area contributed by atoms with Gasteiger partial charge in [-0.2, -0.15) is 0 Å². The smallest absolute Gasteiger partial charge is 0.0432 e. The summed E-state index contributed by atoms with van der Waals surface area (Å²) in [5.74, 6) is 2.61. The quantitative estimate of drug-likeness (QED) is 0.631. The number of terminal acetylenes is 1. The van der Waals surface area contributed by atoms with Crippen molar-refractivity contribution < 1.29 is 0 Å². The summed E-state index contributed by atoms with van der Waals surface area (Å²) in [4.78, 5) is 2.55. The minimum atomic E-state index is 0.747. The summed E-state index contributed by atoms with van der Waals surface area (Å²) in [6, 6.07) is 2.08. The van der Waals surface area contributed by atoms with Gasteiger partial charge < -0.3 is 0 Å². The molecule has 0 saturated carbocycles. The Bertz CT molecular complexity index is 248. The molecule has 0 saturated heterocycles. The Hall–Kier alpha value is -0.260. The van der Waals surface area contributed by atoms with Crippen molar-refractivity contribution in [1.29, 1.82) is 0 Å². The third-order valence-electron chi connectivity index (χ3n) is 1.18. The molecular formula is C8H7BrS.